The summed E-state index contributed by atoms with van der Waals surface area (Å²) in [6.07, 6.45) is 1.13. The van der Waals surface area contributed by atoms with Gasteiger partial charge < -0.3 is 19.9 Å². The molecule has 0 saturated carbocycles. The lowest BCUT2D eigenvalue weighted by Crippen LogP contribution is -2.24. The third-order valence-corrected chi connectivity index (χ3v) is 6.69. The molecule has 186 valence electrons. The highest BCUT2D eigenvalue weighted by Crippen LogP contribution is 2.35. The second-order valence-electron chi connectivity index (χ2n) is 9.71. The molecule has 1 fully saturated rings. The van der Waals surface area contributed by atoms with Crippen molar-refractivity contribution in [2.75, 3.05) is 13.1 Å². The smallest absolute Gasteiger partial charge is 0.254 e. The molecule has 1 unspecified atom stereocenters. The minimum atomic E-state index is -0.311. The second-order valence-corrected chi connectivity index (χ2v) is 9.71. The Morgan fingerprint density at radius 2 is 1.89 bits per heavy atom. The van der Waals surface area contributed by atoms with Crippen LogP contribution >= 0.6 is 0 Å². The Balaban J connectivity index is 1.56. The number of halogens is 1. The molecule has 3 aromatic carbocycles. The van der Waals surface area contributed by atoms with Crippen molar-refractivity contribution in [3.63, 3.8) is 0 Å². The highest BCUT2D eigenvalue weighted by molar-refractivity contribution is 6.09. The van der Waals surface area contributed by atoms with Crippen LogP contribution < -0.4 is 15.4 Å². The first-order chi connectivity index (χ1) is 17.5. The summed E-state index contributed by atoms with van der Waals surface area (Å²) in [6, 6.07) is 22.6. The molecule has 1 saturated heterocycles. The molecule has 36 heavy (non-hydrogen) atoms. The van der Waals surface area contributed by atoms with E-state index in [1.165, 1.54) is 12.1 Å². The van der Waals surface area contributed by atoms with Crippen LogP contribution in [0.4, 0.5) is 4.39 Å². The van der Waals surface area contributed by atoms with E-state index in [2.05, 4.69) is 47.2 Å². The molecule has 5 nitrogen and oxygen atoms in total. The largest absolute Gasteiger partial charge is 0.489 e. The number of benzene rings is 3. The fourth-order valence-electron chi connectivity index (χ4n) is 5.04. The van der Waals surface area contributed by atoms with Gasteiger partial charge in [0.05, 0.1) is 11.1 Å². The van der Waals surface area contributed by atoms with Crippen LogP contribution in [-0.2, 0) is 13.1 Å². The predicted molar refractivity (Wildman–Crippen MR) is 141 cm³/mol. The quantitative estimate of drug-likeness (QED) is 0.340. The number of nitrogens with one attached hydrogen (secondary N) is 2. The lowest BCUT2D eigenvalue weighted by molar-refractivity contribution is 0.0951. The number of rotatable bonds is 8. The number of aromatic nitrogens is 1. The summed E-state index contributed by atoms with van der Waals surface area (Å²) in [5.74, 6) is 0.451. The fourth-order valence-corrected chi connectivity index (χ4v) is 5.04. The molecule has 2 heterocycles. The van der Waals surface area contributed by atoms with Crippen molar-refractivity contribution in [2.45, 2.75) is 45.4 Å². The number of ether oxygens (including phenoxy) is 1. The van der Waals surface area contributed by atoms with Gasteiger partial charge in [-0.1, -0.05) is 56.3 Å². The van der Waals surface area contributed by atoms with Crippen molar-refractivity contribution >= 4 is 16.8 Å². The summed E-state index contributed by atoms with van der Waals surface area (Å²) in [7, 11) is 0. The normalized spacial score (nSPS) is 15.5. The van der Waals surface area contributed by atoms with Crippen LogP contribution in [0.15, 0.2) is 72.8 Å². The third-order valence-electron chi connectivity index (χ3n) is 6.69. The summed E-state index contributed by atoms with van der Waals surface area (Å²) in [6.45, 7) is 6.94. The summed E-state index contributed by atoms with van der Waals surface area (Å²) < 4.78 is 22.2. The van der Waals surface area contributed by atoms with Gasteiger partial charge in [-0.2, -0.15) is 0 Å². The van der Waals surface area contributed by atoms with Crippen molar-refractivity contribution in [2.24, 2.45) is 0 Å². The molecule has 6 heteroatoms. The summed E-state index contributed by atoms with van der Waals surface area (Å²) in [5.41, 5.74) is 4.51. The molecule has 0 radical (unpaired) electrons. The van der Waals surface area contributed by atoms with Gasteiger partial charge in [-0.3, -0.25) is 4.79 Å². The minimum Gasteiger partial charge on any atom is -0.489 e. The van der Waals surface area contributed by atoms with Gasteiger partial charge in [-0.25, -0.2) is 4.39 Å². The highest BCUT2D eigenvalue weighted by atomic mass is 19.1. The molecule has 1 aromatic heterocycles. The molecule has 0 bridgehead atoms. The van der Waals surface area contributed by atoms with Gasteiger partial charge in [-0.05, 0) is 54.3 Å². The van der Waals surface area contributed by atoms with Crippen molar-refractivity contribution in [1.82, 2.24) is 15.2 Å². The zero-order chi connectivity index (χ0) is 25.1. The third kappa shape index (κ3) is 5.14. The number of fused-ring (bicyclic) bond motifs is 1. The number of carbonyl (C=O) groups is 1. The average Bonchev–Trinajstić information content (AvgIpc) is 3.49. The predicted octanol–water partition coefficient (Wildman–Crippen LogP) is 5.62. The molecule has 0 aliphatic carbocycles. The molecular formula is C30H32FN3O2. The van der Waals surface area contributed by atoms with Crippen LogP contribution in [0.1, 0.15) is 53.4 Å². The molecule has 4 aromatic rings. The van der Waals surface area contributed by atoms with Gasteiger partial charge in [0.2, 0.25) is 0 Å². The SMILES string of the molecule is CC(C)c1c(C(=O)NCc2cccc(F)c2)c2ccc(OC3CCNC3)cc2n1Cc1ccccc1. The minimum absolute atomic E-state index is 0.111. The molecular weight excluding hydrogens is 453 g/mol. The summed E-state index contributed by atoms with van der Waals surface area (Å²) in [4.78, 5) is 13.6. The Kier molecular flexibility index (Phi) is 7.05. The van der Waals surface area contributed by atoms with E-state index >= 15 is 0 Å². The van der Waals surface area contributed by atoms with E-state index in [0.717, 1.165) is 53.0 Å². The topological polar surface area (TPSA) is 55.3 Å². The molecule has 1 aliphatic heterocycles. The van der Waals surface area contributed by atoms with Crippen molar-refractivity contribution in [3.8, 4) is 5.75 Å². The average molecular weight is 486 g/mol. The second kappa shape index (κ2) is 10.5. The van der Waals surface area contributed by atoms with Crippen LogP contribution in [0.2, 0.25) is 0 Å². The van der Waals surface area contributed by atoms with Crippen LogP contribution in [0.25, 0.3) is 10.9 Å². The van der Waals surface area contributed by atoms with Gasteiger partial charge in [0.25, 0.3) is 5.91 Å². The van der Waals surface area contributed by atoms with Crippen molar-refractivity contribution in [3.05, 3.63) is 101 Å². The highest BCUT2D eigenvalue weighted by Gasteiger charge is 2.25. The van der Waals surface area contributed by atoms with E-state index in [-0.39, 0.29) is 30.3 Å². The standard InChI is InChI=1S/C30H32FN3O2/c1-20(2)29-28(30(35)33-17-22-9-6-10-23(31)15-22)26-12-11-24(36-25-13-14-32-18-25)16-27(26)34(29)19-21-7-4-3-5-8-21/h3-12,15-16,20,25,32H,13-14,17-19H2,1-2H3,(H,33,35). The number of amides is 1. The van der Waals surface area contributed by atoms with Gasteiger partial charge in [0.15, 0.2) is 0 Å². The summed E-state index contributed by atoms with van der Waals surface area (Å²) in [5, 5.41) is 7.26. The van der Waals surface area contributed by atoms with Crippen LogP contribution in [-0.4, -0.2) is 29.7 Å². The maximum absolute atomic E-state index is 13.7. The van der Waals surface area contributed by atoms with Crippen LogP contribution in [0.3, 0.4) is 0 Å². The lowest BCUT2D eigenvalue weighted by atomic mass is 10.0. The number of carbonyl (C=O) groups excluding carboxylic acids is 1. The molecule has 1 atom stereocenters. The van der Waals surface area contributed by atoms with Crippen molar-refractivity contribution in [1.29, 1.82) is 0 Å². The van der Waals surface area contributed by atoms with E-state index in [4.69, 9.17) is 4.74 Å². The molecule has 1 aliphatic rings. The molecule has 0 spiro atoms. The number of hydrogen-bond acceptors (Lipinski definition) is 3. The first-order valence-corrected chi connectivity index (χ1v) is 12.6. The number of hydrogen-bond donors (Lipinski definition) is 2. The first-order valence-electron chi connectivity index (χ1n) is 12.6. The van der Waals surface area contributed by atoms with Gasteiger partial charge >= 0.3 is 0 Å². The van der Waals surface area contributed by atoms with Gasteiger partial charge in [-0.15, -0.1) is 0 Å². The van der Waals surface area contributed by atoms with E-state index < -0.39 is 0 Å². The van der Waals surface area contributed by atoms with E-state index in [0.29, 0.717) is 12.1 Å². The maximum atomic E-state index is 13.7. The van der Waals surface area contributed by atoms with Crippen LogP contribution in [0.5, 0.6) is 5.75 Å². The zero-order valence-electron chi connectivity index (χ0n) is 20.8. The van der Waals surface area contributed by atoms with E-state index in [1.54, 1.807) is 6.07 Å². The Morgan fingerprint density at radius 1 is 1.08 bits per heavy atom. The lowest BCUT2D eigenvalue weighted by Gasteiger charge is -2.16. The van der Waals surface area contributed by atoms with E-state index in [1.807, 2.05) is 36.4 Å². The van der Waals surface area contributed by atoms with Crippen molar-refractivity contribution < 1.29 is 13.9 Å². The van der Waals surface area contributed by atoms with Gasteiger partial charge in [0.1, 0.15) is 17.7 Å². The maximum Gasteiger partial charge on any atom is 0.254 e. The Hall–Kier alpha value is -3.64. The fraction of sp³-hybridized carbons (Fsp3) is 0.300. The Bertz CT molecular complexity index is 1360. The Morgan fingerprint density at radius 3 is 2.61 bits per heavy atom. The van der Waals surface area contributed by atoms with E-state index in [9.17, 15) is 9.18 Å². The first kappa shape index (κ1) is 24.1. The molecule has 5 rings (SSSR count). The van der Waals surface area contributed by atoms with Crippen LogP contribution in [0, 0.1) is 5.82 Å². The monoisotopic (exact) mass is 485 g/mol. The Labute approximate surface area is 211 Å². The zero-order valence-corrected chi connectivity index (χ0v) is 20.8. The molecule has 1 amide bonds. The molecule has 2 N–H and O–H groups in total. The summed E-state index contributed by atoms with van der Waals surface area (Å²) >= 11 is 0. The number of nitrogens with zero attached hydrogens (tertiary/aromatic N) is 1. The van der Waals surface area contributed by atoms with Gasteiger partial charge in [0, 0.05) is 36.8 Å².